The van der Waals surface area contributed by atoms with Crippen LogP contribution in [0.5, 0.6) is 0 Å². The number of hydrogen-bond acceptors (Lipinski definition) is 9. The normalized spacial score (nSPS) is 30.1. The number of hydrogen-bond donors (Lipinski definition) is 1. The zero-order valence-corrected chi connectivity index (χ0v) is 18.1. The van der Waals surface area contributed by atoms with E-state index < -0.39 is 41.6 Å². The Kier molecular flexibility index (Phi) is 7.11. The van der Waals surface area contributed by atoms with E-state index >= 15 is 0 Å². The molecule has 3 aliphatic heterocycles. The molecule has 3 heterocycles. The van der Waals surface area contributed by atoms with Crippen molar-refractivity contribution in [2.75, 3.05) is 18.3 Å². The van der Waals surface area contributed by atoms with Crippen LogP contribution in [0.2, 0.25) is 0 Å². The van der Waals surface area contributed by atoms with Crippen molar-refractivity contribution in [3.63, 3.8) is 0 Å². The molecule has 1 amide bonds. The molecule has 8 nitrogen and oxygen atoms in total. The summed E-state index contributed by atoms with van der Waals surface area (Å²) in [4.78, 5) is 37.9. The molecule has 11 heteroatoms. The van der Waals surface area contributed by atoms with Crippen molar-refractivity contribution in [1.29, 1.82) is 0 Å². The summed E-state index contributed by atoms with van der Waals surface area (Å²) in [6.45, 7) is 2.88. The molecular weight excluding hydrogens is 426 g/mol. The molecule has 156 valence electrons. The fourth-order valence-corrected chi connectivity index (χ4v) is 8.45. The van der Waals surface area contributed by atoms with E-state index in [1.165, 1.54) is 28.4 Å². The number of nitrogens with zero attached hydrogens (tertiary/aromatic N) is 1. The number of aliphatic hydroxyl groups is 1. The molecule has 2 saturated heterocycles. The molecule has 3 rings (SSSR count). The summed E-state index contributed by atoms with van der Waals surface area (Å²) >= 11 is 2.78. The van der Waals surface area contributed by atoms with Crippen LogP contribution in [0.15, 0.2) is 9.93 Å². The molecule has 3 aliphatic rings. The lowest BCUT2D eigenvalue weighted by Gasteiger charge is -2.43. The van der Waals surface area contributed by atoms with Gasteiger partial charge < -0.3 is 14.6 Å². The molecule has 0 bridgehead atoms. The molecule has 0 radical (unpaired) electrons. The fraction of sp³-hybridized carbons (Fsp3) is 0.706. The van der Waals surface area contributed by atoms with Crippen LogP contribution >= 0.6 is 23.5 Å². The predicted molar refractivity (Wildman–Crippen MR) is 106 cm³/mol. The van der Waals surface area contributed by atoms with Gasteiger partial charge in [0.15, 0.2) is 5.70 Å². The first-order valence-corrected chi connectivity index (χ1v) is 12.3. The Hall–Kier alpha value is -1.04. The zero-order valence-electron chi connectivity index (χ0n) is 15.6. The highest BCUT2D eigenvalue weighted by molar-refractivity contribution is 8.23. The Labute approximate surface area is 174 Å². The van der Waals surface area contributed by atoms with Gasteiger partial charge in [-0.05, 0) is 19.8 Å². The lowest BCUT2D eigenvalue weighted by atomic mass is 9.92. The first-order valence-electron chi connectivity index (χ1n) is 9.10. The standard InChI is InChI=1S/C17H23NO7S3/c1-3-4-11(20)24-8-25-16(22)13-17(26-10-5-6-28(23)7-10)27-15-12(9(2)19)14(21)18(13)15/h9-10,12,15,19H,3-8H2,1-2H3/t9-,10+,12+,15-,28-/m1/s1. The van der Waals surface area contributed by atoms with Gasteiger partial charge in [0.25, 0.3) is 0 Å². The van der Waals surface area contributed by atoms with E-state index in [9.17, 15) is 23.7 Å². The van der Waals surface area contributed by atoms with Gasteiger partial charge in [-0.25, -0.2) is 4.79 Å². The van der Waals surface area contributed by atoms with E-state index in [1.807, 2.05) is 6.92 Å². The van der Waals surface area contributed by atoms with Crippen molar-refractivity contribution in [2.45, 2.75) is 49.8 Å². The highest BCUT2D eigenvalue weighted by atomic mass is 32.2. The van der Waals surface area contributed by atoms with Crippen LogP contribution < -0.4 is 0 Å². The molecule has 0 aliphatic carbocycles. The van der Waals surface area contributed by atoms with Crippen molar-refractivity contribution in [1.82, 2.24) is 4.90 Å². The second-order valence-electron chi connectivity index (χ2n) is 6.77. The van der Waals surface area contributed by atoms with Gasteiger partial charge in [0.2, 0.25) is 12.7 Å². The van der Waals surface area contributed by atoms with Gasteiger partial charge in [0.05, 0.1) is 16.3 Å². The largest absolute Gasteiger partial charge is 0.428 e. The number of β-lactam (4-membered cyclic amide) rings is 1. The van der Waals surface area contributed by atoms with E-state index in [1.54, 1.807) is 6.92 Å². The third-order valence-electron chi connectivity index (χ3n) is 4.64. The molecule has 2 fully saturated rings. The summed E-state index contributed by atoms with van der Waals surface area (Å²) in [5.41, 5.74) is 0.131. The number of carbonyl (C=O) groups excluding carboxylic acids is 3. The Morgan fingerprint density at radius 2 is 2.18 bits per heavy atom. The number of carbonyl (C=O) groups is 3. The SMILES string of the molecule is CCCC(=O)OCOC(=O)C1=C(S[C@H]2CC[S@@](=O)C2)S[C@@H]2[C@@H]([C@@H](C)O)C(=O)N12. The van der Waals surface area contributed by atoms with Crippen molar-refractivity contribution in [2.24, 2.45) is 5.92 Å². The highest BCUT2D eigenvalue weighted by Gasteiger charge is 2.58. The molecule has 5 atom stereocenters. The van der Waals surface area contributed by atoms with E-state index in [4.69, 9.17) is 9.47 Å². The number of ether oxygens (including phenoxy) is 2. The maximum Gasteiger partial charge on any atom is 0.359 e. The molecule has 0 aromatic heterocycles. The van der Waals surface area contributed by atoms with Crippen LogP contribution in [-0.2, 0) is 34.7 Å². The van der Waals surface area contributed by atoms with Crippen molar-refractivity contribution >= 4 is 52.2 Å². The average Bonchev–Trinajstić information content (AvgIpc) is 3.16. The van der Waals surface area contributed by atoms with Crippen LogP contribution in [0.1, 0.15) is 33.1 Å². The second-order valence-corrected chi connectivity index (χ2v) is 11.1. The third kappa shape index (κ3) is 4.42. The minimum absolute atomic E-state index is 0.104. The second kappa shape index (κ2) is 9.19. The van der Waals surface area contributed by atoms with Crippen molar-refractivity contribution < 1.29 is 33.2 Å². The summed E-state index contributed by atoms with van der Waals surface area (Å²) in [5, 5.41) is 9.62. The summed E-state index contributed by atoms with van der Waals surface area (Å²) in [5.74, 6) is -0.924. The minimum atomic E-state index is -0.857. The zero-order chi connectivity index (χ0) is 20.4. The number of amides is 1. The molecular formula is C17H23NO7S3. The quantitative estimate of drug-likeness (QED) is 0.332. The minimum Gasteiger partial charge on any atom is -0.428 e. The van der Waals surface area contributed by atoms with Crippen LogP contribution in [0.25, 0.3) is 0 Å². The third-order valence-corrected chi connectivity index (χ3v) is 9.19. The number of fused-ring (bicyclic) bond motifs is 1. The van der Waals surface area contributed by atoms with Gasteiger partial charge in [-0.1, -0.05) is 18.7 Å². The summed E-state index contributed by atoms with van der Waals surface area (Å²) in [6.07, 6.45) is 0.815. The molecule has 28 heavy (non-hydrogen) atoms. The first-order chi connectivity index (χ1) is 13.3. The van der Waals surface area contributed by atoms with Gasteiger partial charge in [-0.15, -0.1) is 11.8 Å². The van der Waals surface area contributed by atoms with E-state index in [2.05, 4.69) is 0 Å². The lowest BCUT2D eigenvalue weighted by Crippen LogP contribution is -2.60. The van der Waals surface area contributed by atoms with Crippen LogP contribution in [0.3, 0.4) is 0 Å². The number of rotatable bonds is 8. The predicted octanol–water partition coefficient (Wildman–Crippen LogP) is 1.17. The van der Waals surface area contributed by atoms with Crippen LogP contribution in [0, 0.1) is 5.92 Å². The van der Waals surface area contributed by atoms with Crippen molar-refractivity contribution in [3.05, 3.63) is 9.93 Å². The van der Waals surface area contributed by atoms with E-state index in [0.29, 0.717) is 22.2 Å². The van der Waals surface area contributed by atoms with Gasteiger partial charge in [0.1, 0.15) is 5.37 Å². The van der Waals surface area contributed by atoms with Crippen LogP contribution in [-0.4, -0.2) is 67.1 Å². The number of aliphatic hydroxyl groups excluding tert-OH is 1. The topological polar surface area (TPSA) is 110 Å². The fourth-order valence-electron chi connectivity index (χ4n) is 3.20. The van der Waals surface area contributed by atoms with E-state index in [0.717, 1.165) is 6.42 Å². The molecule has 0 aromatic carbocycles. The number of esters is 2. The first kappa shape index (κ1) is 21.7. The smallest absolute Gasteiger partial charge is 0.359 e. The summed E-state index contributed by atoms with van der Waals surface area (Å²) in [6, 6.07) is 0. The van der Waals surface area contributed by atoms with E-state index in [-0.39, 0.29) is 28.6 Å². The van der Waals surface area contributed by atoms with Crippen molar-refractivity contribution in [3.8, 4) is 0 Å². The Morgan fingerprint density at radius 3 is 2.79 bits per heavy atom. The maximum absolute atomic E-state index is 12.6. The molecule has 0 saturated carbocycles. The Morgan fingerprint density at radius 1 is 1.43 bits per heavy atom. The van der Waals surface area contributed by atoms with Gasteiger partial charge in [-0.2, -0.15) is 0 Å². The van der Waals surface area contributed by atoms with Gasteiger partial charge in [-0.3, -0.25) is 18.7 Å². The Balaban J connectivity index is 1.71. The summed E-state index contributed by atoms with van der Waals surface area (Å²) < 4.78 is 22.2. The lowest BCUT2D eigenvalue weighted by molar-refractivity contribution is -0.169. The highest BCUT2D eigenvalue weighted by Crippen LogP contribution is 2.55. The molecule has 0 spiro atoms. The maximum atomic E-state index is 12.6. The summed E-state index contributed by atoms with van der Waals surface area (Å²) in [7, 11) is -0.857. The monoisotopic (exact) mass is 449 g/mol. The molecule has 1 N–H and O–H groups in total. The number of thioether (sulfide) groups is 2. The van der Waals surface area contributed by atoms with Crippen LogP contribution in [0.4, 0.5) is 0 Å². The average molecular weight is 450 g/mol. The van der Waals surface area contributed by atoms with Gasteiger partial charge in [0, 0.05) is 34.0 Å². The van der Waals surface area contributed by atoms with Gasteiger partial charge >= 0.3 is 11.9 Å². The molecule has 0 unspecified atom stereocenters. The molecule has 0 aromatic rings. The Bertz CT molecular complexity index is 724.